The van der Waals surface area contributed by atoms with Crippen molar-refractivity contribution < 1.29 is 14.3 Å². The lowest BCUT2D eigenvalue weighted by atomic mass is 10.5. The Morgan fingerprint density at radius 3 is 2.23 bits per heavy atom. The van der Waals surface area contributed by atoms with Crippen LogP contribution in [-0.2, 0) is 14.3 Å². The van der Waals surface area contributed by atoms with Crippen molar-refractivity contribution in [3.8, 4) is 0 Å². The molecule has 0 bridgehead atoms. The number of hydrogen-bond acceptors (Lipinski definition) is 4. The maximum atomic E-state index is 10.6. The zero-order valence-electron chi connectivity index (χ0n) is 8.08. The van der Waals surface area contributed by atoms with Crippen molar-refractivity contribution in [3.63, 3.8) is 0 Å². The van der Waals surface area contributed by atoms with Crippen LogP contribution in [0.3, 0.4) is 0 Å². The molecule has 0 radical (unpaired) electrons. The maximum Gasteiger partial charge on any atom is 0.396 e. The number of carbonyl (C=O) groups is 2. The Balaban J connectivity index is 3.54. The quantitative estimate of drug-likeness (QED) is 0.460. The summed E-state index contributed by atoms with van der Waals surface area (Å²) in [6.07, 6.45) is 0. The number of carbonyl (C=O) groups excluding carboxylic acids is 2. The first kappa shape index (κ1) is 11.9. The zero-order chi connectivity index (χ0) is 10.3. The molecule has 76 valence electrons. The van der Waals surface area contributed by atoms with Gasteiger partial charge in [-0.2, -0.15) is 0 Å². The summed E-state index contributed by atoms with van der Waals surface area (Å²) in [7, 11) is 0. The fraction of sp³-hybridized carbons (Fsp3) is 0.750. The number of likely N-dealkylation sites (N-methyl/N-ethyl adjacent to an activating group) is 1. The second-order valence-electron chi connectivity index (χ2n) is 2.53. The van der Waals surface area contributed by atoms with Crippen molar-refractivity contribution in [1.29, 1.82) is 0 Å². The van der Waals surface area contributed by atoms with Gasteiger partial charge in [-0.1, -0.05) is 13.8 Å². The molecule has 0 aliphatic carbocycles. The SMILES string of the molecule is CCN(CC)CCOC(=O)C(N)=O. The van der Waals surface area contributed by atoms with E-state index in [2.05, 4.69) is 9.64 Å². The molecule has 0 fully saturated rings. The summed E-state index contributed by atoms with van der Waals surface area (Å²) >= 11 is 0. The minimum atomic E-state index is -1.04. The lowest BCUT2D eigenvalue weighted by molar-refractivity contribution is -0.153. The molecule has 0 aliphatic rings. The highest BCUT2D eigenvalue weighted by Crippen LogP contribution is 1.87. The van der Waals surface area contributed by atoms with E-state index in [9.17, 15) is 9.59 Å². The predicted octanol–water partition coefficient (Wildman–Crippen LogP) is -0.643. The Morgan fingerprint density at radius 1 is 1.31 bits per heavy atom. The van der Waals surface area contributed by atoms with Gasteiger partial charge in [0.25, 0.3) is 0 Å². The molecule has 0 unspecified atom stereocenters. The van der Waals surface area contributed by atoms with Crippen molar-refractivity contribution in [2.24, 2.45) is 5.73 Å². The minimum absolute atomic E-state index is 0.212. The molecule has 0 saturated carbocycles. The van der Waals surface area contributed by atoms with Crippen LogP contribution in [0.1, 0.15) is 13.8 Å². The molecule has 0 aromatic carbocycles. The summed E-state index contributed by atoms with van der Waals surface area (Å²) in [6, 6.07) is 0. The number of amides is 1. The molecule has 0 aromatic rings. The van der Waals surface area contributed by atoms with Gasteiger partial charge in [0.05, 0.1) is 0 Å². The van der Waals surface area contributed by atoms with Crippen molar-refractivity contribution in [1.82, 2.24) is 4.90 Å². The van der Waals surface area contributed by atoms with Gasteiger partial charge < -0.3 is 15.4 Å². The Hall–Kier alpha value is -1.10. The number of nitrogens with zero attached hydrogens (tertiary/aromatic N) is 1. The van der Waals surface area contributed by atoms with E-state index in [4.69, 9.17) is 5.73 Å². The molecule has 0 aromatic heterocycles. The molecule has 2 N–H and O–H groups in total. The largest absolute Gasteiger partial charge is 0.457 e. The van der Waals surface area contributed by atoms with Crippen LogP contribution in [0, 0.1) is 0 Å². The minimum Gasteiger partial charge on any atom is -0.457 e. The number of primary amides is 1. The first-order valence-corrected chi connectivity index (χ1v) is 4.30. The molecule has 0 heterocycles. The molecule has 0 aliphatic heterocycles. The fourth-order valence-electron chi connectivity index (χ4n) is 0.878. The van der Waals surface area contributed by atoms with Gasteiger partial charge in [0.2, 0.25) is 0 Å². The van der Waals surface area contributed by atoms with E-state index < -0.39 is 11.9 Å². The summed E-state index contributed by atoms with van der Waals surface area (Å²) < 4.78 is 4.58. The Kier molecular flexibility index (Phi) is 5.88. The topological polar surface area (TPSA) is 72.6 Å². The standard InChI is InChI=1S/C8H16N2O3/c1-3-10(4-2)5-6-13-8(12)7(9)11/h3-6H2,1-2H3,(H2,9,11). The monoisotopic (exact) mass is 188 g/mol. The third-order valence-corrected chi connectivity index (χ3v) is 1.74. The van der Waals surface area contributed by atoms with Crippen LogP contribution in [0.5, 0.6) is 0 Å². The van der Waals surface area contributed by atoms with Crippen LogP contribution in [-0.4, -0.2) is 43.0 Å². The summed E-state index contributed by atoms with van der Waals surface area (Å²) in [5.41, 5.74) is 4.69. The number of nitrogens with two attached hydrogens (primary N) is 1. The highest BCUT2D eigenvalue weighted by molar-refractivity contribution is 6.31. The average molecular weight is 188 g/mol. The lowest BCUT2D eigenvalue weighted by Crippen LogP contribution is -2.31. The third kappa shape index (κ3) is 5.19. The van der Waals surface area contributed by atoms with Gasteiger partial charge in [-0.15, -0.1) is 0 Å². The fourth-order valence-corrected chi connectivity index (χ4v) is 0.878. The van der Waals surface area contributed by atoms with Crippen LogP contribution in [0.4, 0.5) is 0 Å². The average Bonchev–Trinajstić information content (AvgIpc) is 2.12. The van der Waals surface area contributed by atoms with Crippen LogP contribution in [0.15, 0.2) is 0 Å². The number of ether oxygens (including phenoxy) is 1. The third-order valence-electron chi connectivity index (χ3n) is 1.74. The first-order chi connectivity index (χ1) is 6.11. The van der Waals surface area contributed by atoms with E-state index in [-0.39, 0.29) is 6.61 Å². The molecule has 1 amide bonds. The van der Waals surface area contributed by atoms with Gasteiger partial charge >= 0.3 is 11.9 Å². The zero-order valence-corrected chi connectivity index (χ0v) is 8.08. The molecule has 0 saturated heterocycles. The molecule has 0 rings (SSSR count). The summed E-state index contributed by atoms with van der Waals surface area (Å²) in [5.74, 6) is -2.01. The molecular weight excluding hydrogens is 172 g/mol. The van der Waals surface area contributed by atoms with Crippen molar-refractivity contribution in [2.45, 2.75) is 13.8 Å². The van der Waals surface area contributed by atoms with Gasteiger partial charge in [0.1, 0.15) is 6.61 Å². The highest BCUT2D eigenvalue weighted by atomic mass is 16.5. The molecule has 5 nitrogen and oxygen atoms in total. The summed E-state index contributed by atoms with van der Waals surface area (Å²) in [5, 5.41) is 0. The van der Waals surface area contributed by atoms with E-state index in [1.807, 2.05) is 13.8 Å². The molecule has 5 heteroatoms. The Bertz CT molecular complexity index is 178. The van der Waals surface area contributed by atoms with E-state index in [1.165, 1.54) is 0 Å². The smallest absolute Gasteiger partial charge is 0.396 e. The summed E-state index contributed by atoms with van der Waals surface area (Å²) in [6.45, 7) is 6.66. The highest BCUT2D eigenvalue weighted by Gasteiger charge is 2.09. The van der Waals surface area contributed by atoms with Crippen LogP contribution >= 0.6 is 0 Å². The maximum absolute atomic E-state index is 10.6. The van der Waals surface area contributed by atoms with Gasteiger partial charge in [-0.05, 0) is 13.1 Å². The Labute approximate surface area is 77.8 Å². The van der Waals surface area contributed by atoms with Crippen molar-refractivity contribution in [3.05, 3.63) is 0 Å². The van der Waals surface area contributed by atoms with Crippen LogP contribution < -0.4 is 5.73 Å². The van der Waals surface area contributed by atoms with Crippen molar-refractivity contribution >= 4 is 11.9 Å². The van der Waals surface area contributed by atoms with Gasteiger partial charge in [0, 0.05) is 6.54 Å². The van der Waals surface area contributed by atoms with Crippen LogP contribution in [0.25, 0.3) is 0 Å². The summed E-state index contributed by atoms with van der Waals surface area (Å²) in [4.78, 5) is 22.9. The van der Waals surface area contributed by atoms with Gasteiger partial charge in [0.15, 0.2) is 0 Å². The number of esters is 1. The van der Waals surface area contributed by atoms with Crippen LogP contribution in [0.2, 0.25) is 0 Å². The Morgan fingerprint density at radius 2 is 1.85 bits per heavy atom. The second-order valence-corrected chi connectivity index (χ2v) is 2.53. The molecule has 0 spiro atoms. The van der Waals surface area contributed by atoms with E-state index >= 15 is 0 Å². The first-order valence-electron chi connectivity index (χ1n) is 4.30. The number of rotatable bonds is 5. The predicted molar refractivity (Wildman–Crippen MR) is 47.9 cm³/mol. The number of hydrogen-bond donors (Lipinski definition) is 1. The lowest BCUT2D eigenvalue weighted by Gasteiger charge is -2.16. The molecule has 13 heavy (non-hydrogen) atoms. The normalized spacial score (nSPS) is 10.1. The van der Waals surface area contributed by atoms with Gasteiger partial charge in [-0.3, -0.25) is 4.79 Å². The molecule has 0 atom stereocenters. The van der Waals surface area contributed by atoms with Gasteiger partial charge in [-0.25, -0.2) is 4.79 Å². The molecular formula is C8H16N2O3. The van der Waals surface area contributed by atoms with E-state index in [0.29, 0.717) is 6.54 Å². The van der Waals surface area contributed by atoms with Crippen molar-refractivity contribution in [2.75, 3.05) is 26.2 Å². The second kappa shape index (κ2) is 6.42. The van der Waals surface area contributed by atoms with E-state index in [1.54, 1.807) is 0 Å². The van der Waals surface area contributed by atoms with E-state index in [0.717, 1.165) is 13.1 Å².